The van der Waals surface area contributed by atoms with Crippen molar-refractivity contribution in [1.29, 1.82) is 0 Å². The van der Waals surface area contributed by atoms with E-state index in [2.05, 4.69) is 25.2 Å². The molecule has 0 fully saturated rings. The van der Waals surface area contributed by atoms with Gasteiger partial charge in [-0.05, 0) is 67.1 Å². The van der Waals surface area contributed by atoms with Crippen molar-refractivity contribution >= 4 is 21.6 Å². The van der Waals surface area contributed by atoms with Crippen LogP contribution in [-0.2, 0) is 14.8 Å². The summed E-state index contributed by atoms with van der Waals surface area (Å²) < 4.78 is 36.7. The van der Waals surface area contributed by atoms with E-state index in [1.54, 1.807) is 31.4 Å². The predicted octanol–water partition coefficient (Wildman–Crippen LogP) is 4.56. The normalized spacial score (nSPS) is 12.4. The number of amides is 1. The van der Waals surface area contributed by atoms with Gasteiger partial charge in [0.05, 0.1) is 32.2 Å². The van der Waals surface area contributed by atoms with E-state index in [0.29, 0.717) is 23.8 Å². The van der Waals surface area contributed by atoms with Gasteiger partial charge in [-0.2, -0.15) is 0 Å². The van der Waals surface area contributed by atoms with Crippen LogP contribution in [0.5, 0.6) is 11.5 Å². The lowest BCUT2D eigenvalue weighted by Crippen LogP contribution is -2.32. The molecule has 1 amide bonds. The molecule has 8 heteroatoms. The minimum Gasteiger partial charge on any atom is -0.497 e. The van der Waals surface area contributed by atoms with Crippen molar-refractivity contribution in [2.24, 2.45) is 0 Å². The average Bonchev–Trinajstić information content (AvgIpc) is 2.75. The molecule has 2 aromatic carbocycles. The van der Waals surface area contributed by atoms with Gasteiger partial charge in [-0.25, -0.2) is 8.42 Å². The quantitative estimate of drug-likeness (QED) is 0.514. The number of ether oxygens (including phenoxy) is 2. The Morgan fingerprint density at radius 1 is 1.06 bits per heavy atom. The summed E-state index contributed by atoms with van der Waals surface area (Å²) in [5, 5.41) is 3.04. The number of hydrogen-bond acceptors (Lipinski definition) is 5. The lowest BCUT2D eigenvalue weighted by molar-refractivity contribution is -0.121. The van der Waals surface area contributed by atoms with Crippen molar-refractivity contribution in [3.8, 4) is 11.5 Å². The number of nitrogens with zero attached hydrogens (tertiary/aromatic N) is 1. The summed E-state index contributed by atoms with van der Waals surface area (Å²) in [7, 11) is -0.303. The number of nitrogens with one attached hydrogen (secondary N) is 1. The van der Waals surface area contributed by atoms with E-state index in [0.717, 1.165) is 28.7 Å². The van der Waals surface area contributed by atoms with Gasteiger partial charge in [0, 0.05) is 19.0 Å². The number of hydrogen-bond donors (Lipinski definition) is 1. The molecular formula is C25H36N2O5S. The second-order valence-electron chi connectivity index (χ2n) is 8.53. The lowest BCUT2D eigenvalue weighted by Gasteiger charge is -2.23. The van der Waals surface area contributed by atoms with E-state index >= 15 is 0 Å². The topological polar surface area (TPSA) is 84.9 Å². The largest absolute Gasteiger partial charge is 0.497 e. The number of methoxy groups -OCH3 is 2. The highest BCUT2D eigenvalue weighted by Crippen LogP contribution is 2.32. The smallest absolute Gasteiger partial charge is 0.232 e. The molecule has 2 aromatic rings. The molecule has 0 aliphatic heterocycles. The summed E-state index contributed by atoms with van der Waals surface area (Å²) in [6.45, 7) is 8.37. The molecule has 182 valence electrons. The second kappa shape index (κ2) is 11.4. The highest BCUT2D eigenvalue weighted by atomic mass is 32.2. The Hall–Kier alpha value is -2.74. The maximum Gasteiger partial charge on any atom is 0.232 e. The number of carbonyl (C=O) groups is 1. The van der Waals surface area contributed by atoms with E-state index in [1.807, 2.05) is 19.9 Å². The van der Waals surface area contributed by atoms with E-state index < -0.39 is 10.0 Å². The first-order valence-electron chi connectivity index (χ1n) is 11.1. The fraction of sp³-hybridized carbons (Fsp3) is 0.480. The predicted molar refractivity (Wildman–Crippen MR) is 133 cm³/mol. The first-order valence-corrected chi connectivity index (χ1v) is 12.9. The second-order valence-corrected chi connectivity index (χ2v) is 10.4. The van der Waals surface area contributed by atoms with Gasteiger partial charge in [-0.15, -0.1) is 0 Å². The van der Waals surface area contributed by atoms with Gasteiger partial charge in [0.25, 0.3) is 0 Å². The fourth-order valence-electron chi connectivity index (χ4n) is 3.84. The molecule has 2 rings (SSSR count). The van der Waals surface area contributed by atoms with E-state index in [9.17, 15) is 13.2 Å². The number of rotatable bonds is 11. The van der Waals surface area contributed by atoms with E-state index in [-0.39, 0.29) is 24.9 Å². The van der Waals surface area contributed by atoms with E-state index in [4.69, 9.17) is 9.47 Å². The fourth-order valence-corrected chi connectivity index (χ4v) is 4.79. The van der Waals surface area contributed by atoms with Crippen LogP contribution in [0.15, 0.2) is 36.4 Å². The molecule has 0 bridgehead atoms. The highest BCUT2D eigenvalue weighted by Gasteiger charge is 2.20. The van der Waals surface area contributed by atoms with Crippen molar-refractivity contribution in [3.63, 3.8) is 0 Å². The molecule has 33 heavy (non-hydrogen) atoms. The minimum absolute atomic E-state index is 0.122. The van der Waals surface area contributed by atoms with Crippen LogP contribution in [0.3, 0.4) is 0 Å². The average molecular weight is 477 g/mol. The Balaban J connectivity index is 2.05. The van der Waals surface area contributed by atoms with Crippen LogP contribution >= 0.6 is 0 Å². The first-order chi connectivity index (χ1) is 15.5. The van der Waals surface area contributed by atoms with Gasteiger partial charge in [0.2, 0.25) is 15.9 Å². The van der Waals surface area contributed by atoms with Crippen LogP contribution < -0.4 is 19.1 Å². The standard InChI is InChI=1S/C25H36N2O5S/c1-17(2)22-16-23(18(3)14-24(22)32-6)19(4)26-25(28)12-9-13-27(33(7,29)30)20-10-8-11-21(15-20)31-5/h8,10-11,14-17,19H,9,12-13H2,1-7H3,(H,26,28)/t19-/m1/s1. The Morgan fingerprint density at radius 2 is 1.76 bits per heavy atom. The van der Waals surface area contributed by atoms with Gasteiger partial charge >= 0.3 is 0 Å². The van der Waals surface area contributed by atoms with Crippen molar-refractivity contribution in [2.75, 3.05) is 31.3 Å². The molecule has 1 N–H and O–H groups in total. The number of aryl methyl sites for hydroxylation is 1. The molecule has 0 aliphatic carbocycles. The Labute approximate surface area is 198 Å². The maximum absolute atomic E-state index is 12.6. The number of sulfonamides is 1. The van der Waals surface area contributed by atoms with Gasteiger partial charge in [0.15, 0.2) is 0 Å². The van der Waals surface area contributed by atoms with Crippen molar-refractivity contribution in [3.05, 3.63) is 53.1 Å². The van der Waals surface area contributed by atoms with Crippen LogP contribution in [0.2, 0.25) is 0 Å². The summed E-state index contributed by atoms with van der Waals surface area (Å²) in [6.07, 6.45) is 1.77. The summed E-state index contributed by atoms with van der Waals surface area (Å²) >= 11 is 0. The first kappa shape index (κ1) is 26.5. The zero-order valence-corrected chi connectivity index (χ0v) is 21.5. The summed E-state index contributed by atoms with van der Waals surface area (Å²) in [5.74, 6) is 1.59. The third-order valence-electron chi connectivity index (χ3n) is 5.59. The van der Waals surface area contributed by atoms with Gasteiger partial charge in [0.1, 0.15) is 11.5 Å². The lowest BCUT2D eigenvalue weighted by atomic mass is 9.93. The molecule has 0 aromatic heterocycles. The Morgan fingerprint density at radius 3 is 2.33 bits per heavy atom. The number of carbonyl (C=O) groups excluding carboxylic acids is 1. The summed E-state index contributed by atoms with van der Waals surface area (Å²) in [4.78, 5) is 12.6. The molecule has 0 saturated carbocycles. The Bertz CT molecular complexity index is 1070. The van der Waals surface area contributed by atoms with Gasteiger partial charge in [-0.1, -0.05) is 19.9 Å². The molecule has 0 aliphatic rings. The minimum atomic E-state index is -3.50. The molecule has 0 spiro atoms. The van der Waals surface area contributed by atoms with Crippen LogP contribution in [0.4, 0.5) is 5.69 Å². The molecule has 0 saturated heterocycles. The molecule has 0 unspecified atom stereocenters. The molecule has 0 radical (unpaired) electrons. The summed E-state index contributed by atoms with van der Waals surface area (Å²) in [6, 6.07) is 10.8. The molecular weight excluding hydrogens is 440 g/mol. The SMILES string of the molecule is COc1cccc(N(CCCC(=O)N[C@H](C)c2cc(C(C)C)c(OC)cc2C)S(C)(=O)=O)c1. The number of anilines is 1. The third-order valence-corrected chi connectivity index (χ3v) is 6.79. The maximum atomic E-state index is 12.6. The van der Waals surface area contributed by atoms with Crippen molar-refractivity contribution in [2.45, 2.75) is 52.5 Å². The van der Waals surface area contributed by atoms with Crippen LogP contribution in [-0.4, -0.2) is 41.3 Å². The van der Waals surface area contributed by atoms with Crippen molar-refractivity contribution in [1.82, 2.24) is 5.32 Å². The Kier molecular flexibility index (Phi) is 9.16. The van der Waals surface area contributed by atoms with Gasteiger partial charge < -0.3 is 14.8 Å². The van der Waals surface area contributed by atoms with Crippen LogP contribution in [0.25, 0.3) is 0 Å². The monoisotopic (exact) mass is 476 g/mol. The van der Waals surface area contributed by atoms with Crippen LogP contribution in [0, 0.1) is 6.92 Å². The zero-order chi connectivity index (χ0) is 24.8. The summed E-state index contributed by atoms with van der Waals surface area (Å²) in [5.41, 5.74) is 3.70. The zero-order valence-electron chi connectivity index (χ0n) is 20.6. The van der Waals surface area contributed by atoms with Gasteiger partial charge in [-0.3, -0.25) is 9.10 Å². The van der Waals surface area contributed by atoms with Crippen molar-refractivity contribution < 1.29 is 22.7 Å². The molecule has 7 nitrogen and oxygen atoms in total. The third kappa shape index (κ3) is 7.12. The number of benzene rings is 2. The molecule has 0 heterocycles. The van der Waals surface area contributed by atoms with E-state index in [1.165, 1.54) is 11.4 Å². The highest BCUT2D eigenvalue weighted by molar-refractivity contribution is 7.92. The van der Waals surface area contributed by atoms with Crippen LogP contribution in [0.1, 0.15) is 62.3 Å². The molecule has 1 atom stereocenters.